The molecule has 0 heterocycles. The van der Waals surface area contributed by atoms with Crippen molar-refractivity contribution in [2.75, 3.05) is 6.61 Å². The predicted molar refractivity (Wildman–Crippen MR) is 64.4 cm³/mol. The molecule has 0 aromatic rings. The fourth-order valence-corrected chi connectivity index (χ4v) is 3.30. The Kier molecular flexibility index (Phi) is 2.49. The van der Waals surface area contributed by atoms with E-state index in [2.05, 4.69) is 5.32 Å². The van der Waals surface area contributed by atoms with E-state index in [1.807, 2.05) is 6.92 Å². The van der Waals surface area contributed by atoms with Crippen LogP contribution in [0.5, 0.6) is 0 Å². The minimum absolute atomic E-state index is 0.0590. The first kappa shape index (κ1) is 11.5. The van der Waals surface area contributed by atoms with Gasteiger partial charge in [-0.05, 0) is 39.0 Å². The van der Waals surface area contributed by atoms with E-state index in [1.165, 1.54) is 19.3 Å². The summed E-state index contributed by atoms with van der Waals surface area (Å²) in [6, 6.07) is 0.307. The standard InChI is InChI=1S/C13H22N2O2/c1-2-17-10-8-9(12(10)4-3-5-12)15-11(16)13(14)6-7-13/h9-10H,2-8,14H2,1H3,(H,15,16). The van der Waals surface area contributed by atoms with Crippen LogP contribution in [0.15, 0.2) is 0 Å². The van der Waals surface area contributed by atoms with Crippen molar-refractivity contribution < 1.29 is 9.53 Å². The Morgan fingerprint density at radius 3 is 2.59 bits per heavy atom. The van der Waals surface area contributed by atoms with Crippen molar-refractivity contribution in [2.24, 2.45) is 11.1 Å². The fraction of sp³-hybridized carbons (Fsp3) is 0.923. The van der Waals surface area contributed by atoms with Crippen molar-refractivity contribution in [2.45, 2.75) is 63.1 Å². The summed E-state index contributed by atoms with van der Waals surface area (Å²) in [5.41, 5.74) is 5.62. The van der Waals surface area contributed by atoms with Crippen LogP contribution >= 0.6 is 0 Å². The van der Waals surface area contributed by atoms with Gasteiger partial charge in [-0.3, -0.25) is 4.79 Å². The van der Waals surface area contributed by atoms with E-state index in [4.69, 9.17) is 10.5 Å². The highest BCUT2D eigenvalue weighted by Gasteiger charge is 2.60. The molecule has 17 heavy (non-hydrogen) atoms. The molecule has 3 saturated carbocycles. The summed E-state index contributed by atoms with van der Waals surface area (Å²) in [4.78, 5) is 11.9. The molecule has 0 saturated heterocycles. The van der Waals surface area contributed by atoms with E-state index in [-0.39, 0.29) is 11.3 Å². The molecule has 4 heteroatoms. The number of ether oxygens (including phenoxy) is 1. The van der Waals surface area contributed by atoms with E-state index < -0.39 is 5.54 Å². The maximum absolute atomic E-state index is 11.9. The van der Waals surface area contributed by atoms with Crippen LogP contribution < -0.4 is 11.1 Å². The highest BCUT2D eigenvalue weighted by molar-refractivity contribution is 5.89. The van der Waals surface area contributed by atoms with Crippen LogP contribution in [0.4, 0.5) is 0 Å². The number of rotatable bonds is 4. The van der Waals surface area contributed by atoms with Gasteiger partial charge in [-0.2, -0.15) is 0 Å². The maximum Gasteiger partial charge on any atom is 0.240 e. The van der Waals surface area contributed by atoms with Gasteiger partial charge in [0.05, 0.1) is 11.6 Å². The number of nitrogens with two attached hydrogens (primary N) is 1. The lowest BCUT2D eigenvalue weighted by molar-refractivity contribution is -0.176. The number of hydrogen-bond acceptors (Lipinski definition) is 3. The van der Waals surface area contributed by atoms with Gasteiger partial charge in [0, 0.05) is 18.1 Å². The molecule has 0 aromatic heterocycles. The molecule has 2 unspecified atom stereocenters. The normalized spacial score (nSPS) is 35.9. The third kappa shape index (κ3) is 1.61. The van der Waals surface area contributed by atoms with Gasteiger partial charge in [0.25, 0.3) is 0 Å². The van der Waals surface area contributed by atoms with Crippen LogP contribution in [-0.2, 0) is 9.53 Å². The minimum atomic E-state index is -0.540. The Bertz CT molecular complexity index is 334. The smallest absolute Gasteiger partial charge is 0.240 e. The first-order chi connectivity index (χ1) is 8.11. The molecule has 0 aliphatic heterocycles. The lowest BCUT2D eigenvalue weighted by atomic mass is 9.51. The van der Waals surface area contributed by atoms with Crippen molar-refractivity contribution in [1.29, 1.82) is 0 Å². The Labute approximate surface area is 102 Å². The molecular formula is C13H22N2O2. The lowest BCUT2D eigenvalue weighted by Gasteiger charge is -2.61. The molecule has 2 atom stereocenters. The van der Waals surface area contributed by atoms with E-state index in [0.717, 1.165) is 25.9 Å². The van der Waals surface area contributed by atoms with Gasteiger partial charge >= 0.3 is 0 Å². The van der Waals surface area contributed by atoms with Crippen LogP contribution in [0.2, 0.25) is 0 Å². The predicted octanol–water partition coefficient (Wildman–Crippen LogP) is 0.942. The third-order valence-electron chi connectivity index (χ3n) is 4.98. The molecular weight excluding hydrogens is 216 g/mol. The van der Waals surface area contributed by atoms with E-state index >= 15 is 0 Å². The zero-order valence-corrected chi connectivity index (χ0v) is 10.5. The van der Waals surface area contributed by atoms with E-state index in [1.54, 1.807) is 0 Å². The van der Waals surface area contributed by atoms with Gasteiger partial charge in [0.1, 0.15) is 0 Å². The Morgan fingerprint density at radius 1 is 1.41 bits per heavy atom. The zero-order valence-electron chi connectivity index (χ0n) is 10.5. The van der Waals surface area contributed by atoms with Crippen LogP contribution in [0.1, 0.15) is 45.4 Å². The Balaban J connectivity index is 1.60. The molecule has 0 aromatic carbocycles. The molecule has 1 amide bonds. The average molecular weight is 238 g/mol. The molecule has 96 valence electrons. The fourth-order valence-electron chi connectivity index (χ4n) is 3.30. The summed E-state index contributed by atoms with van der Waals surface area (Å²) in [7, 11) is 0. The monoisotopic (exact) mass is 238 g/mol. The second-order valence-electron chi connectivity index (χ2n) is 5.95. The zero-order chi connectivity index (χ0) is 12.1. The summed E-state index contributed by atoms with van der Waals surface area (Å²) in [5, 5.41) is 3.16. The quantitative estimate of drug-likeness (QED) is 0.766. The van der Waals surface area contributed by atoms with Crippen molar-refractivity contribution in [3.63, 3.8) is 0 Å². The Morgan fingerprint density at radius 2 is 2.12 bits per heavy atom. The van der Waals surface area contributed by atoms with Crippen LogP contribution in [0.3, 0.4) is 0 Å². The summed E-state index contributed by atoms with van der Waals surface area (Å²) < 4.78 is 5.77. The highest BCUT2D eigenvalue weighted by atomic mass is 16.5. The van der Waals surface area contributed by atoms with Crippen LogP contribution in [0, 0.1) is 5.41 Å². The van der Waals surface area contributed by atoms with E-state index in [0.29, 0.717) is 12.1 Å². The van der Waals surface area contributed by atoms with E-state index in [9.17, 15) is 4.79 Å². The molecule has 3 N–H and O–H groups in total. The second-order valence-corrected chi connectivity index (χ2v) is 5.95. The first-order valence-electron chi connectivity index (χ1n) is 6.82. The molecule has 0 radical (unpaired) electrons. The molecule has 3 rings (SSSR count). The number of carbonyl (C=O) groups is 1. The number of carbonyl (C=O) groups excluding carboxylic acids is 1. The Hall–Kier alpha value is -0.610. The molecule has 4 nitrogen and oxygen atoms in total. The topological polar surface area (TPSA) is 64.3 Å². The van der Waals surface area contributed by atoms with Crippen LogP contribution in [0.25, 0.3) is 0 Å². The first-order valence-corrected chi connectivity index (χ1v) is 6.82. The number of hydrogen-bond donors (Lipinski definition) is 2. The summed E-state index contributed by atoms with van der Waals surface area (Å²) in [6.45, 7) is 2.81. The van der Waals surface area contributed by atoms with Gasteiger partial charge in [-0.1, -0.05) is 6.42 Å². The van der Waals surface area contributed by atoms with Gasteiger partial charge in [0.2, 0.25) is 5.91 Å². The van der Waals surface area contributed by atoms with Crippen molar-refractivity contribution in [3.8, 4) is 0 Å². The van der Waals surface area contributed by atoms with Crippen molar-refractivity contribution in [1.82, 2.24) is 5.32 Å². The SMILES string of the molecule is CCOC1CC(NC(=O)C2(N)CC2)C12CCC2. The minimum Gasteiger partial charge on any atom is -0.378 e. The van der Waals surface area contributed by atoms with Gasteiger partial charge in [0.15, 0.2) is 0 Å². The van der Waals surface area contributed by atoms with Crippen molar-refractivity contribution >= 4 is 5.91 Å². The second kappa shape index (κ2) is 3.69. The molecule has 3 fully saturated rings. The van der Waals surface area contributed by atoms with Crippen molar-refractivity contribution in [3.05, 3.63) is 0 Å². The summed E-state index contributed by atoms with van der Waals surface area (Å²) in [5.74, 6) is 0.0590. The lowest BCUT2D eigenvalue weighted by Crippen LogP contribution is -2.69. The molecule has 0 bridgehead atoms. The van der Waals surface area contributed by atoms with Gasteiger partial charge in [-0.25, -0.2) is 0 Å². The van der Waals surface area contributed by atoms with Gasteiger partial charge in [-0.15, -0.1) is 0 Å². The van der Waals surface area contributed by atoms with Crippen LogP contribution in [-0.4, -0.2) is 30.2 Å². The largest absolute Gasteiger partial charge is 0.378 e. The van der Waals surface area contributed by atoms with Gasteiger partial charge < -0.3 is 15.8 Å². The number of amides is 1. The third-order valence-corrected chi connectivity index (χ3v) is 4.98. The summed E-state index contributed by atoms with van der Waals surface area (Å²) >= 11 is 0. The number of nitrogens with one attached hydrogen (secondary N) is 1. The molecule has 3 aliphatic rings. The summed E-state index contributed by atoms with van der Waals surface area (Å²) in [6.07, 6.45) is 6.67. The highest BCUT2D eigenvalue weighted by Crippen LogP contribution is 2.57. The maximum atomic E-state index is 11.9. The molecule has 3 aliphatic carbocycles. The average Bonchev–Trinajstić information content (AvgIpc) is 2.93. The molecule has 1 spiro atoms.